The fourth-order valence-corrected chi connectivity index (χ4v) is 2.97. The lowest BCUT2D eigenvalue weighted by molar-refractivity contribution is 0.986. The lowest BCUT2D eigenvalue weighted by Crippen LogP contribution is -2.18. The summed E-state index contributed by atoms with van der Waals surface area (Å²) in [5.74, 6) is 1.38. The largest absolute Gasteiger partial charge is 0.310 e. The summed E-state index contributed by atoms with van der Waals surface area (Å²) in [7, 11) is 0. The van der Waals surface area contributed by atoms with Gasteiger partial charge in [-0.1, -0.05) is 18.2 Å². The maximum Gasteiger partial charge on any atom is 0.255 e. The highest BCUT2D eigenvalue weighted by Gasteiger charge is 2.20. The summed E-state index contributed by atoms with van der Waals surface area (Å²) in [6.45, 7) is 1.81. The molecule has 1 N–H and O–H groups in total. The number of aromatic nitrogens is 2. The van der Waals surface area contributed by atoms with Crippen LogP contribution in [0.5, 0.6) is 0 Å². The number of hydrogen-bond acceptors (Lipinski definition) is 3. The Balaban J connectivity index is 2.36. The molecule has 16 heavy (non-hydrogen) atoms. The van der Waals surface area contributed by atoms with E-state index in [2.05, 4.69) is 16.0 Å². The van der Waals surface area contributed by atoms with E-state index in [9.17, 15) is 4.79 Å². The molecule has 2 aromatic rings. The Morgan fingerprint density at radius 2 is 2.19 bits per heavy atom. The molecule has 0 spiro atoms. The minimum atomic E-state index is -0.00972. The molecule has 0 aliphatic carbocycles. The van der Waals surface area contributed by atoms with Gasteiger partial charge in [0, 0.05) is 16.2 Å². The lowest BCUT2D eigenvalue weighted by Gasteiger charge is -2.17. The van der Waals surface area contributed by atoms with Gasteiger partial charge in [-0.05, 0) is 13.0 Å². The molecule has 0 radical (unpaired) electrons. The van der Waals surface area contributed by atoms with E-state index in [0.29, 0.717) is 11.6 Å². The third-order valence-electron chi connectivity index (χ3n) is 2.65. The first-order valence-corrected chi connectivity index (χ1v) is 6.06. The number of aromatic amines is 1. The molecule has 80 valence electrons. The molecule has 3 nitrogen and oxygen atoms in total. The molecule has 1 aromatic heterocycles. The van der Waals surface area contributed by atoms with E-state index in [4.69, 9.17) is 0 Å². The van der Waals surface area contributed by atoms with Gasteiger partial charge in [0.05, 0.1) is 11.3 Å². The molecule has 1 aromatic carbocycles. The van der Waals surface area contributed by atoms with Crippen LogP contribution in [-0.2, 0) is 5.75 Å². The number of fused-ring (bicyclic) bond motifs is 3. The summed E-state index contributed by atoms with van der Waals surface area (Å²) < 4.78 is 0. The quantitative estimate of drug-likeness (QED) is 0.755. The first-order valence-electron chi connectivity index (χ1n) is 5.08. The predicted molar refractivity (Wildman–Crippen MR) is 64.6 cm³/mol. The van der Waals surface area contributed by atoms with Gasteiger partial charge in [0.2, 0.25) is 0 Å². The fourth-order valence-electron chi connectivity index (χ4n) is 1.91. The molecule has 0 atom stereocenters. The third-order valence-corrected chi connectivity index (χ3v) is 3.75. The van der Waals surface area contributed by atoms with Crippen LogP contribution in [0.2, 0.25) is 0 Å². The number of aryl methyl sites for hydroxylation is 1. The molecule has 1 aliphatic heterocycles. The maximum absolute atomic E-state index is 11.8. The van der Waals surface area contributed by atoms with Gasteiger partial charge < -0.3 is 4.98 Å². The van der Waals surface area contributed by atoms with Crippen molar-refractivity contribution in [2.24, 2.45) is 0 Å². The molecule has 0 saturated heterocycles. The van der Waals surface area contributed by atoms with Crippen molar-refractivity contribution < 1.29 is 0 Å². The highest BCUT2D eigenvalue weighted by Crippen LogP contribution is 2.38. The zero-order valence-corrected chi connectivity index (χ0v) is 9.60. The summed E-state index contributed by atoms with van der Waals surface area (Å²) in [5.41, 5.74) is 2.69. The Morgan fingerprint density at radius 3 is 3.06 bits per heavy atom. The van der Waals surface area contributed by atoms with Crippen molar-refractivity contribution in [1.29, 1.82) is 0 Å². The van der Waals surface area contributed by atoms with Crippen LogP contribution in [0.15, 0.2) is 34.0 Å². The number of H-pyrrole nitrogens is 1. The molecule has 1 aliphatic rings. The van der Waals surface area contributed by atoms with Gasteiger partial charge in [0.15, 0.2) is 0 Å². The molecular formula is C12H10N2OS. The summed E-state index contributed by atoms with van der Waals surface area (Å²) in [6.07, 6.45) is 0. The standard InChI is InChI=1S/C12H10N2OS/c1-7-13-11-8-4-2-3-5-10(8)16-6-9(11)12(15)14-7/h2-5H,6H2,1H3,(H,13,14,15). The zero-order chi connectivity index (χ0) is 11.1. The van der Waals surface area contributed by atoms with Crippen LogP contribution >= 0.6 is 11.8 Å². The van der Waals surface area contributed by atoms with Crippen molar-refractivity contribution in [2.75, 3.05) is 0 Å². The minimum Gasteiger partial charge on any atom is -0.310 e. The van der Waals surface area contributed by atoms with E-state index in [1.165, 1.54) is 4.90 Å². The number of hydrogen-bond donors (Lipinski definition) is 1. The molecule has 0 saturated carbocycles. The normalized spacial score (nSPS) is 13.1. The molecule has 4 heteroatoms. The number of benzene rings is 1. The number of nitrogens with zero attached hydrogens (tertiary/aromatic N) is 1. The first kappa shape index (κ1) is 9.66. The van der Waals surface area contributed by atoms with E-state index in [1.54, 1.807) is 11.8 Å². The SMILES string of the molecule is Cc1nc2c(c(=O)[nH]1)CSc1ccccc1-2. The van der Waals surface area contributed by atoms with E-state index >= 15 is 0 Å². The summed E-state index contributed by atoms with van der Waals surface area (Å²) in [4.78, 5) is 20.2. The van der Waals surface area contributed by atoms with Crippen molar-refractivity contribution in [1.82, 2.24) is 9.97 Å². The molecular weight excluding hydrogens is 220 g/mol. The maximum atomic E-state index is 11.8. The highest BCUT2D eigenvalue weighted by atomic mass is 32.2. The Labute approximate surface area is 96.9 Å². The van der Waals surface area contributed by atoms with Gasteiger partial charge in [0.25, 0.3) is 5.56 Å². The summed E-state index contributed by atoms with van der Waals surface area (Å²) in [6, 6.07) is 8.08. The van der Waals surface area contributed by atoms with Crippen molar-refractivity contribution in [3.8, 4) is 11.3 Å². The summed E-state index contributed by atoms with van der Waals surface area (Å²) in [5, 5.41) is 0. The molecule has 0 unspecified atom stereocenters. The van der Waals surface area contributed by atoms with Crippen LogP contribution in [0.25, 0.3) is 11.3 Å². The van der Waals surface area contributed by atoms with Crippen LogP contribution < -0.4 is 5.56 Å². The van der Waals surface area contributed by atoms with Gasteiger partial charge in [0.1, 0.15) is 5.82 Å². The van der Waals surface area contributed by atoms with E-state index in [0.717, 1.165) is 16.8 Å². The minimum absolute atomic E-state index is 0.00972. The van der Waals surface area contributed by atoms with Gasteiger partial charge in [-0.25, -0.2) is 4.98 Å². The average Bonchev–Trinajstić information content (AvgIpc) is 2.28. The first-order chi connectivity index (χ1) is 7.75. The van der Waals surface area contributed by atoms with Gasteiger partial charge in [-0.15, -0.1) is 11.8 Å². The Hall–Kier alpha value is -1.55. The smallest absolute Gasteiger partial charge is 0.255 e. The van der Waals surface area contributed by atoms with Crippen LogP contribution in [-0.4, -0.2) is 9.97 Å². The van der Waals surface area contributed by atoms with Crippen LogP contribution in [0.1, 0.15) is 11.4 Å². The Kier molecular flexibility index (Phi) is 2.11. The van der Waals surface area contributed by atoms with Gasteiger partial charge >= 0.3 is 0 Å². The second-order valence-corrected chi connectivity index (χ2v) is 4.78. The molecule has 0 amide bonds. The van der Waals surface area contributed by atoms with Crippen LogP contribution in [0.3, 0.4) is 0 Å². The van der Waals surface area contributed by atoms with E-state index in [1.807, 2.05) is 25.1 Å². The topological polar surface area (TPSA) is 45.8 Å². The monoisotopic (exact) mass is 230 g/mol. The number of rotatable bonds is 0. The third kappa shape index (κ3) is 1.38. The number of thioether (sulfide) groups is 1. The zero-order valence-electron chi connectivity index (χ0n) is 8.78. The second-order valence-electron chi connectivity index (χ2n) is 3.76. The molecule has 0 fully saturated rings. The Morgan fingerprint density at radius 1 is 1.38 bits per heavy atom. The molecule has 0 bridgehead atoms. The molecule has 3 rings (SSSR count). The van der Waals surface area contributed by atoms with Crippen molar-refractivity contribution in [3.63, 3.8) is 0 Å². The van der Waals surface area contributed by atoms with Crippen LogP contribution in [0.4, 0.5) is 0 Å². The van der Waals surface area contributed by atoms with Crippen molar-refractivity contribution in [3.05, 3.63) is 46.0 Å². The summed E-state index contributed by atoms with van der Waals surface area (Å²) >= 11 is 1.69. The van der Waals surface area contributed by atoms with E-state index in [-0.39, 0.29) is 5.56 Å². The number of nitrogens with one attached hydrogen (secondary N) is 1. The van der Waals surface area contributed by atoms with Crippen molar-refractivity contribution >= 4 is 11.8 Å². The highest BCUT2D eigenvalue weighted by molar-refractivity contribution is 7.98. The van der Waals surface area contributed by atoms with Gasteiger partial charge in [-0.2, -0.15) is 0 Å². The predicted octanol–water partition coefficient (Wildman–Crippen LogP) is 2.35. The second kappa shape index (κ2) is 3.49. The van der Waals surface area contributed by atoms with E-state index < -0.39 is 0 Å². The van der Waals surface area contributed by atoms with Gasteiger partial charge in [-0.3, -0.25) is 4.79 Å². The fraction of sp³-hybridized carbons (Fsp3) is 0.167. The van der Waals surface area contributed by atoms with Crippen LogP contribution in [0, 0.1) is 6.92 Å². The average molecular weight is 230 g/mol. The Bertz CT molecular complexity index is 619. The lowest BCUT2D eigenvalue weighted by atomic mass is 10.1. The molecule has 2 heterocycles. The van der Waals surface area contributed by atoms with Crippen molar-refractivity contribution in [2.45, 2.75) is 17.6 Å².